The largest absolute Gasteiger partial charge is 0.496 e. The third-order valence-corrected chi connectivity index (χ3v) is 3.65. The number of hydrogen-bond acceptors (Lipinski definition) is 3. The second kappa shape index (κ2) is 6.51. The molecule has 0 saturated carbocycles. The zero-order chi connectivity index (χ0) is 15.6. The molecule has 2 aromatic carbocycles. The van der Waals surface area contributed by atoms with Gasteiger partial charge in [0.1, 0.15) is 17.4 Å². The van der Waals surface area contributed by atoms with Gasteiger partial charge in [0.2, 0.25) is 0 Å². The van der Waals surface area contributed by atoms with Crippen LogP contribution in [0.15, 0.2) is 34.8 Å². The highest BCUT2D eigenvalue weighted by atomic mass is 79.9. The maximum atomic E-state index is 14.2. The van der Waals surface area contributed by atoms with Crippen LogP contribution in [0.2, 0.25) is 0 Å². The van der Waals surface area contributed by atoms with Crippen molar-refractivity contribution in [2.75, 3.05) is 7.11 Å². The lowest BCUT2D eigenvalue weighted by atomic mass is 9.96. The average Bonchev–Trinajstić information content (AvgIpc) is 2.42. The summed E-state index contributed by atoms with van der Waals surface area (Å²) in [5.74, 6) is 4.67. The van der Waals surface area contributed by atoms with Crippen molar-refractivity contribution in [3.63, 3.8) is 0 Å². The molecule has 0 bridgehead atoms. The summed E-state index contributed by atoms with van der Waals surface area (Å²) in [6, 6.07) is 6.92. The van der Waals surface area contributed by atoms with Gasteiger partial charge in [0, 0.05) is 15.6 Å². The van der Waals surface area contributed by atoms with Gasteiger partial charge in [-0.2, -0.15) is 0 Å². The van der Waals surface area contributed by atoms with Crippen LogP contribution in [0, 0.1) is 18.6 Å². The summed E-state index contributed by atoms with van der Waals surface area (Å²) < 4.78 is 33.9. The van der Waals surface area contributed by atoms with Crippen LogP contribution in [-0.2, 0) is 0 Å². The van der Waals surface area contributed by atoms with E-state index >= 15 is 0 Å². The van der Waals surface area contributed by atoms with Crippen LogP contribution < -0.4 is 16.0 Å². The van der Waals surface area contributed by atoms with Crippen molar-refractivity contribution in [1.82, 2.24) is 5.43 Å². The van der Waals surface area contributed by atoms with Crippen LogP contribution in [0.5, 0.6) is 5.75 Å². The van der Waals surface area contributed by atoms with E-state index in [0.717, 1.165) is 5.56 Å². The third kappa shape index (κ3) is 3.23. The van der Waals surface area contributed by atoms with Crippen molar-refractivity contribution < 1.29 is 13.5 Å². The van der Waals surface area contributed by atoms with Gasteiger partial charge in [0.05, 0.1) is 13.2 Å². The van der Waals surface area contributed by atoms with Gasteiger partial charge in [-0.1, -0.05) is 33.6 Å². The Bertz CT molecular complexity index is 641. The zero-order valence-corrected chi connectivity index (χ0v) is 13.2. The molecule has 0 heterocycles. The predicted molar refractivity (Wildman–Crippen MR) is 81.0 cm³/mol. The number of benzene rings is 2. The highest BCUT2D eigenvalue weighted by molar-refractivity contribution is 9.10. The Morgan fingerprint density at radius 3 is 2.33 bits per heavy atom. The van der Waals surface area contributed by atoms with Crippen molar-refractivity contribution in [3.8, 4) is 5.75 Å². The first kappa shape index (κ1) is 15.9. The average molecular weight is 357 g/mol. The van der Waals surface area contributed by atoms with Gasteiger partial charge in [0.15, 0.2) is 0 Å². The van der Waals surface area contributed by atoms with E-state index < -0.39 is 17.7 Å². The molecule has 0 radical (unpaired) electrons. The molecule has 0 fully saturated rings. The first-order valence-electron chi connectivity index (χ1n) is 6.23. The molecule has 0 aliphatic carbocycles. The number of nitrogens with two attached hydrogens (primary N) is 1. The molecule has 21 heavy (non-hydrogen) atoms. The van der Waals surface area contributed by atoms with Gasteiger partial charge >= 0.3 is 0 Å². The van der Waals surface area contributed by atoms with E-state index in [4.69, 9.17) is 10.6 Å². The van der Waals surface area contributed by atoms with Crippen LogP contribution in [0.4, 0.5) is 8.78 Å². The highest BCUT2D eigenvalue weighted by Crippen LogP contribution is 2.34. The third-order valence-electron chi connectivity index (χ3n) is 3.20. The van der Waals surface area contributed by atoms with Gasteiger partial charge in [-0.05, 0) is 25.1 Å². The van der Waals surface area contributed by atoms with Gasteiger partial charge in [-0.25, -0.2) is 14.2 Å². The molecule has 3 nitrogen and oxygen atoms in total. The number of halogens is 3. The molecule has 1 unspecified atom stereocenters. The topological polar surface area (TPSA) is 47.3 Å². The Morgan fingerprint density at radius 2 is 1.81 bits per heavy atom. The molecule has 0 amide bonds. The minimum Gasteiger partial charge on any atom is -0.496 e. The minimum absolute atomic E-state index is 0.149. The van der Waals surface area contributed by atoms with E-state index in [1.165, 1.54) is 19.2 Å². The molecule has 2 rings (SSSR count). The molecule has 3 N–H and O–H groups in total. The van der Waals surface area contributed by atoms with E-state index in [2.05, 4.69) is 21.4 Å². The fourth-order valence-electron chi connectivity index (χ4n) is 2.24. The lowest BCUT2D eigenvalue weighted by Crippen LogP contribution is -2.30. The Labute approximate surface area is 130 Å². The van der Waals surface area contributed by atoms with E-state index in [1.807, 2.05) is 13.0 Å². The monoisotopic (exact) mass is 356 g/mol. The van der Waals surface area contributed by atoms with Crippen LogP contribution in [0.1, 0.15) is 22.7 Å². The SMILES string of the molecule is COc1ccc(C)cc1C(NN)c1c(F)cc(Br)cc1F. The standard InChI is InChI=1S/C15H15BrF2N2O/c1-8-3-4-13(21-2)10(5-8)15(20-19)14-11(17)6-9(16)7-12(14)18/h3-7,15,20H,19H2,1-2H3. The van der Waals surface area contributed by atoms with Crippen molar-refractivity contribution in [2.24, 2.45) is 5.84 Å². The fraction of sp³-hybridized carbons (Fsp3) is 0.200. The molecular weight excluding hydrogens is 342 g/mol. The van der Waals surface area contributed by atoms with Crippen molar-refractivity contribution in [1.29, 1.82) is 0 Å². The molecule has 0 aliphatic heterocycles. The van der Waals surface area contributed by atoms with E-state index in [1.54, 1.807) is 12.1 Å². The first-order valence-corrected chi connectivity index (χ1v) is 7.02. The van der Waals surface area contributed by atoms with E-state index in [0.29, 0.717) is 15.8 Å². The summed E-state index contributed by atoms with van der Waals surface area (Å²) in [5.41, 5.74) is 3.82. The molecule has 0 saturated heterocycles. The molecule has 2 aromatic rings. The van der Waals surface area contributed by atoms with E-state index in [9.17, 15) is 8.78 Å². The molecule has 0 aromatic heterocycles. The maximum absolute atomic E-state index is 14.2. The summed E-state index contributed by atoms with van der Waals surface area (Å²) in [4.78, 5) is 0. The lowest BCUT2D eigenvalue weighted by molar-refractivity contribution is 0.401. The minimum atomic E-state index is -0.854. The summed E-state index contributed by atoms with van der Waals surface area (Å²) in [6.45, 7) is 1.88. The number of ether oxygens (including phenoxy) is 1. The second-order valence-electron chi connectivity index (χ2n) is 4.63. The molecular formula is C15H15BrF2N2O. The van der Waals surface area contributed by atoms with Gasteiger partial charge < -0.3 is 4.74 Å². The second-order valence-corrected chi connectivity index (χ2v) is 5.54. The maximum Gasteiger partial charge on any atom is 0.132 e. The summed E-state index contributed by atoms with van der Waals surface area (Å²) in [6.07, 6.45) is 0. The van der Waals surface area contributed by atoms with Crippen molar-refractivity contribution >= 4 is 15.9 Å². The highest BCUT2D eigenvalue weighted by Gasteiger charge is 2.24. The van der Waals surface area contributed by atoms with Crippen LogP contribution in [0.25, 0.3) is 0 Å². The Hall–Kier alpha value is -1.50. The van der Waals surface area contributed by atoms with Gasteiger partial charge in [-0.15, -0.1) is 0 Å². The molecule has 1 atom stereocenters. The van der Waals surface area contributed by atoms with Crippen LogP contribution in [-0.4, -0.2) is 7.11 Å². The first-order chi connectivity index (χ1) is 9.97. The van der Waals surface area contributed by atoms with Crippen molar-refractivity contribution in [2.45, 2.75) is 13.0 Å². The van der Waals surface area contributed by atoms with E-state index in [-0.39, 0.29) is 5.56 Å². The molecule has 112 valence electrons. The number of rotatable bonds is 4. The number of hydrogen-bond donors (Lipinski definition) is 2. The Balaban J connectivity index is 2.63. The lowest BCUT2D eigenvalue weighted by Gasteiger charge is -2.21. The summed E-state index contributed by atoms with van der Waals surface area (Å²) in [7, 11) is 1.50. The number of nitrogens with one attached hydrogen (secondary N) is 1. The van der Waals surface area contributed by atoms with Gasteiger partial charge in [0.25, 0.3) is 0 Å². The number of hydrazine groups is 1. The van der Waals surface area contributed by atoms with Crippen molar-refractivity contribution in [3.05, 3.63) is 63.1 Å². The van der Waals surface area contributed by atoms with Gasteiger partial charge in [-0.3, -0.25) is 5.84 Å². The smallest absolute Gasteiger partial charge is 0.132 e. The quantitative estimate of drug-likeness (QED) is 0.649. The number of aryl methyl sites for hydroxylation is 1. The zero-order valence-electron chi connectivity index (χ0n) is 11.6. The van der Waals surface area contributed by atoms with Crippen LogP contribution in [0.3, 0.4) is 0 Å². The Morgan fingerprint density at radius 1 is 1.19 bits per heavy atom. The molecule has 6 heteroatoms. The summed E-state index contributed by atoms with van der Waals surface area (Å²) in [5, 5.41) is 0. The number of methoxy groups -OCH3 is 1. The Kier molecular flexibility index (Phi) is 4.92. The normalized spacial score (nSPS) is 12.3. The fourth-order valence-corrected chi connectivity index (χ4v) is 2.64. The molecule has 0 spiro atoms. The van der Waals surface area contributed by atoms with Crippen LogP contribution >= 0.6 is 15.9 Å². The molecule has 0 aliphatic rings. The summed E-state index contributed by atoms with van der Waals surface area (Å²) >= 11 is 3.06. The predicted octanol–water partition coefficient (Wildman–Crippen LogP) is 3.60.